The van der Waals surface area contributed by atoms with E-state index < -0.39 is 0 Å². The van der Waals surface area contributed by atoms with Gasteiger partial charge in [-0.3, -0.25) is 0 Å². The van der Waals surface area contributed by atoms with Gasteiger partial charge >= 0.3 is 0 Å². The first-order chi connectivity index (χ1) is 18.8. The first kappa shape index (κ1) is 41.4. The van der Waals surface area contributed by atoms with Crippen molar-refractivity contribution in [2.75, 3.05) is 0 Å². The van der Waals surface area contributed by atoms with E-state index in [-0.39, 0.29) is 6.15 Å². The molecule has 0 atom stereocenters. The van der Waals surface area contributed by atoms with E-state index in [4.69, 9.17) is 11.6 Å². The zero-order valence-electron chi connectivity index (χ0n) is 27.7. The van der Waals surface area contributed by atoms with Crippen LogP contribution in [0, 0.1) is 0 Å². The molecule has 0 saturated heterocycles. The highest BCUT2D eigenvalue weighted by Crippen LogP contribution is 2.19. The van der Waals surface area contributed by atoms with Crippen LogP contribution in [0.25, 0.3) is 0 Å². The van der Waals surface area contributed by atoms with Crippen molar-refractivity contribution in [3.05, 3.63) is 0 Å². The van der Waals surface area contributed by atoms with Crippen molar-refractivity contribution in [3.63, 3.8) is 0 Å². The van der Waals surface area contributed by atoms with Gasteiger partial charge in [0.15, 0.2) is 0 Å². The summed E-state index contributed by atoms with van der Waals surface area (Å²) in [5.74, 6) is 0. The van der Waals surface area contributed by atoms with E-state index in [1.807, 2.05) is 0 Å². The monoisotopic (exact) mass is 572 g/mol. The van der Waals surface area contributed by atoms with Gasteiger partial charge in [0.1, 0.15) is 0 Å². The maximum atomic E-state index is 6.61. The van der Waals surface area contributed by atoms with Crippen LogP contribution in [0.1, 0.15) is 232 Å². The predicted octanol–water partition coefficient (Wildman–Crippen LogP) is 15.1. The largest absolute Gasteiger partial charge is 0.344 e. The van der Waals surface area contributed by atoms with Gasteiger partial charge in [0.05, 0.1) is 0 Å². The van der Waals surface area contributed by atoms with Gasteiger partial charge in [0, 0.05) is 5.38 Å². The molecule has 0 rings (SSSR count). The first-order valence-electron chi connectivity index (χ1n) is 18.4. The van der Waals surface area contributed by atoms with Gasteiger partial charge in [-0.2, -0.15) is 0 Å². The molecule has 238 valence electrons. The number of rotatable bonds is 34. The van der Waals surface area contributed by atoms with Crippen molar-refractivity contribution >= 4 is 11.6 Å². The number of halogens is 1. The molecular formula is C37H78ClN. The Labute approximate surface area is 254 Å². The third-order valence-electron chi connectivity index (χ3n) is 8.74. The van der Waals surface area contributed by atoms with Crippen LogP contribution in [-0.4, -0.2) is 5.38 Å². The summed E-state index contributed by atoms with van der Waals surface area (Å²) in [6.07, 6.45) is 48.8. The number of hydrogen-bond donors (Lipinski definition) is 1. The summed E-state index contributed by atoms with van der Waals surface area (Å²) in [6, 6.07) is 0. The molecule has 0 aliphatic carbocycles. The highest BCUT2D eigenvalue weighted by Gasteiger charge is 2.04. The summed E-state index contributed by atoms with van der Waals surface area (Å²) < 4.78 is 0. The van der Waals surface area contributed by atoms with Gasteiger partial charge in [-0.1, -0.05) is 219 Å². The summed E-state index contributed by atoms with van der Waals surface area (Å²) in [7, 11) is 0. The van der Waals surface area contributed by atoms with E-state index in [1.54, 1.807) is 0 Å². The van der Waals surface area contributed by atoms with Gasteiger partial charge in [-0.25, -0.2) is 0 Å². The van der Waals surface area contributed by atoms with Crippen LogP contribution in [0.2, 0.25) is 0 Å². The van der Waals surface area contributed by atoms with E-state index in [0.29, 0.717) is 5.38 Å². The molecule has 0 aliphatic heterocycles. The second kappa shape index (κ2) is 38.2. The van der Waals surface area contributed by atoms with E-state index in [9.17, 15) is 0 Å². The Morgan fingerprint density at radius 2 is 0.436 bits per heavy atom. The zero-order chi connectivity index (χ0) is 27.6. The Morgan fingerprint density at radius 3 is 0.615 bits per heavy atom. The van der Waals surface area contributed by atoms with Gasteiger partial charge in [0.2, 0.25) is 0 Å². The van der Waals surface area contributed by atoms with E-state index in [1.165, 1.54) is 218 Å². The molecule has 0 aromatic carbocycles. The molecule has 3 N–H and O–H groups in total. The Balaban J connectivity index is 0. The van der Waals surface area contributed by atoms with Crippen molar-refractivity contribution in [2.24, 2.45) is 0 Å². The van der Waals surface area contributed by atoms with Crippen molar-refractivity contribution in [1.82, 2.24) is 6.15 Å². The maximum absolute atomic E-state index is 6.61. The fourth-order valence-corrected chi connectivity index (χ4v) is 6.28. The Morgan fingerprint density at radius 1 is 0.282 bits per heavy atom. The molecule has 2 heteroatoms. The lowest BCUT2D eigenvalue weighted by molar-refractivity contribution is 0.513. The van der Waals surface area contributed by atoms with Crippen LogP contribution >= 0.6 is 11.6 Å². The minimum atomic E-state index is 0. The van der Waals surface area contributed by atoms with Crippen LogP contribution < -0.4 is 6.15 Å². The fraction of sp³-hybridized carbons (Fsp3) is 1.00. The summed E-state index contributed by atoms with van der Waals surface area (Å²) >= 11 is 6.61. The summed E-state index contributed by atoms with van der Waals surface area (Å²) in [6.45, 7) is 4.61. The SMILES string of the molecule is CCCCCCCCCCCCCCCCCCC(Cl)CCCCCCCCCCCCCCCCCC.N. The Hall–Kier alpha value is 0.250. The molecule has 0 aromatic rings. The number of hydrogen-bond acceptors (Lipinski definition) is 1. The van der Waals surface area contributed by atoms with Gasteiger partial charge in [-0.15, -0.1) is 11.6 Å². The second-order valence-corrected chi connectivity index (χ2v) is 13.4. The first-order valence-corrected chi connectivity index (χ1v) is 18.9. The van der Waals surface area contributed by atoms with Crippen LogP contribution in [0.3, 0.4) is 0 Å². The lowest BCUT2D eigenvalue weighted by Crippen LogP contribution is -1.98. The molecule has 0 saturated carbocycles. The topological polar surface area (TPSA) is 35.0 Å². The molecule has 0 radical (unpaired) electrons. The van der Waals surface area contributed by atoms with Crippen molar-refractivity contribution in [1.29, 1.82) is 0 Å². The molecular weight excluding hydrogens is 494 g/mol. The Kier molecular flexibility index (Phi) is 40.6. The molecule has 39 heavy (non-hydrogen) atoms. The quantitative estimate of drug-likeness (QED) is 0.0604. The lowest BCUT2D eigenvalue weighted by atomic mass is 10.0. The second-order valence-electron chi connectivity index (χ2n) is 12.8. The average Bonchev–Trinajstić information content (AvgIpc) is 2.92. The van der Waals surface area contributed by atoms with Gasteiger partial charge in [0.25, 0.3) is 0 Å². The van der Waals surface area contributed by atoms with E-state index in [2.05, 4.69) is 13.8 Å². The smallest absolute Gasteiger partial charge is 0.0336 e. The van der Waals surface area contributed by atoms with Crippen molar-refractivity contribution in [3.8, 4) is 0 Å². The zero-order valence-corrected chi connectivity index (χ0v) is 28.5. The van der Waals surface area contributed by atoms with Crippen LogP contribution in [0.5, 0.6) is 0 Å². The predicted molar refractivity (Wildman–Crippen MR) is 183 cm³/mol. The lowest BCUT2D eigenvalue weighted by Gasteiger charge is -2.09. The van der Waals surface area contributed by atoms with Crippen LogP contribution in [0.4, 0.5) is 0 Å². The van der Waals surface area contributed by atoms with E-state index in [0.717, 1.165) is 0 Å². The fourth-order valence-electron chi connectivity index (χ4n) is 5.97. The molecule has 0 unspecified atom stereocenters. The molecule has 0 heterocycles. The van der Waals surface area contributed by atoms with Gasteiger partial charge in [-0.05, 0) is 12.8 Å². The Bertz CT molecular complexity index is 363. The van der Waals surface area contributed by atoms with E-state index >= 15 is 0 Å². The minimum Gasteiger partial charge on any atom is -0.344 e. The summed E-state index contributed by atoms with van der Waals surface area (Å²) in [4.78, 5) is 0. The molecule has 0 fully saturated rings. The molecule has 0 spiro atoms. The van der Waals surface area contributed by atoms with Crippen LogP contribution in [-0.2, 0) is 0 Å². The minimum absolute atomic E-state index is 0. The third kappa shape index (κ3) is 38.2. The van der Waals surface area contributed by atoms with Crippen molar-refractivity contribution in [2.45, 2.75) is 238 Å². The molecule has 0 amide bonds. The average molecular weight is 572 g/mol. The molecule has 0 aromatic heterocycles. The highest BCUT2D eigenvalue weighted by molar-refractivity contribution is 6.20. The highest BCUT2D eigenvalue weighted by atomic mass is 35.5. The standard InChI is InChI=1S/C37H75Cl.H3N/c1-3-5-7-9-11-13-15-17-19-21-23-25-27-29-31-33-35-37(38)36-34-32-30-28-26-24-22-20-18-16-14-12-10-8-6-4-2;/h37H,3-36H2,1-2H3;1H3. The number of unbranched alkanes of at least 4 members (excludes halogenated alkanes) is 30. The van der Waals surface area contributed by atoms with Gasteiger partial charge < -0.3 is 6.15 Å². The molecule has 1 nitrogen and oxygen atoms in total. The summed E-state index contributed by atoms with van der Waals surface area (Å²) in [5, 5.41) is 0.438. The molecule has 0 aliphatic rings. The molecule has 0 bridgehead atoms. The normalized spacial score (nSPS) is 11.4. The number of alkyl halides is 1. The van der Waals surface area contributed by atoms with Crippen molar-refractivity contribution < 1.29 is 0 Å². The summed E-state index contributed by atoms with van der Waals surface area (Å²) in [5.41, 5.74) is 0. The third-order valence-corrected chi connectivity index (χ3v) is 9.18. The maximum Gasteiger partial charge on any atom is 0.0336 e. The van der Waals surface area contributed by atoms with Crippen LogP contribution in [0.15, 0.2) is 0 Å².